The molecule has 1 aliphatic carbocycles. The first kappa shape index (κ1) is 17.3. The van der Waals surface area contributed by atoms with E-state index < -0.39 is 22.8 Å². The molecule has 1 heterocycles. The van der Waals surface area contributed by atoms with Crippen molar-refractivity contribution in [3.63, 3.8) is 0 Å². The predicted molar refractivity (Wildman–Crippen MR) is 86.1 cm³/mol. The van der Waals surface area contributed by atoms with E-state index in [-0.39, 0.29) is 19.5 Å². The third kappa shape index (κ3) is 2.31. The summed E-state index contributed by atoms with van der Waals surface area (Å²) in [6.07, 6.45) is 0.185. The zero-order valence-electron chi connectivity index (χ0n) is 14.4. The van der Waals surface area contributed by atoms with Gasteiger partial charge in [0.25, 0.3) is 0 Å². The molecule has 8 nitrogen and oxygen atoms in total. The second kappa shape index (κ2) is 5.80. The lowest BCUT2D eigenvalue weighted by Crippen LogP contribution is -2.28. The molecule has 1 saturated carbocycles. The first-order valence-electron chi connectivity index (χ1n) is 7.82. The number of methoxy groups -OCH3 is 3. The van der Waals surface area contributed by atoms with E-state index in [4.69, 9.17) is 14.2 Å². The van der Waals surface area contributed by atoms with Crippen molar-refractivity contribution < 1.29 is 34.0 Å². The molecule has 0 bridgehead atoms. The minimum absolute atomic E-state index is 0.185. The number of benzene rings is 1. The van der Waals surface area contributed by atoms with Crippen LogP contribution in [0.4, 0.5) is 0 Å². The Bertz CT molecular complexity index is 706. The summed E-state index contributed by atoms with van der Waals surface area (Å²) in [5, 5.41) is 19.0. The zero-order chi connectivity index (χ0) is 18.4. The summed E-state index contributed by atoms with van der Waals surface area (Å²) in [5.74, 6) is -0.617. The number of likely N-dealkylation sites (tertiary alicyclic amines) is 1. The summed E-state index contributed by atoms with van der Waals surface area (Å²) in [5.41, 5.74) is -1.60. The molecule has 0 spiro atoms. The van der Waals surface area contributed by atoms with Gasteiger partial charge in [-0.1, -0.05) is 6.07 Å². The molecule has 0 unspecified atom stereocenters. The van der Waals surface area contributed by atoms with Gasteiger partial charge in [0.2, 0.25) is 5.75 Å². The molecule has 2 aliphatic rings. The molecule has 0 aromatic heterocycles. The van der Waals surface area contributed by atoms with Crippen molar-refractivity contribution in [1.82, 2.24) is 4.90 Å². The van der Waals surface area contributed by atoms with Gasteiger partial charge in [0.1, 0.15) is 0 Å². The average molecular weight is 351 g/mol. The maximum Gasteiger partial charge on any atom is 0.312 e. The molecule has 136 valence electrons. The zero-order valence-corrected chi connectivity index (χ0v) is 14.4. The van der Waals surface area contributed by atoms with Crippen LogP contribution in [0, 0.1) is 10.8 Å². The van der Waals surface area contributed by atoms with E-state index in [1.165, 1.54) is 21.3 Å². The van der Waals surface area contributed by atoms with Gasteiger partial charge in [0.15, 0.2) is 11.5 Å². The molecule has 2 atom stereocenters. The second-order valence-corrected chi connectivity index (χ2v) is 6.59. The van der Waals surface area contributed by atoms with Gasteiger partial charge in [-0.15, -0.1) is 0 Å². The fraction of sp³-hybridized carbons (Fsp3) is 0.529. The maximum atomic E-state index is 11.6. The van der Waals surface area contributed by atoms with Crippen LogP contribution in [0.15, 0.2) is 12.1 Å². The van der Waals surface area contributed by atoms with Crippen molar-refractivity contribution in [3.05, 3.63) is 17.7 Å². The first-order chi connectivity index (χ1) is 11.8. The monoisotopic (exact) mass is 351 g/mol. The number of carboxylic acid groups (broad SMARTS) is 2. The number of hydrogen-bond acceptors (Lipinski definition) is 6. The Morgan fingerprint density at radius 3 is 2.00 bits per heavy atom. The topological polar surface area (TPSA) is 106 Å². The van der Waals surface area contributed by atoms with E-state index in [2.05, 4.69) is 0 Å². The van der Waals surface area contributed by atoms with Crippen molar-refractivity contribution >= 4 is 11.9 Å². The number of aliphatic carboxylic acids is 2. The lowest BCUT2D eigenvalue weighted by molar-refractivity contribution is -0.151. The Morgan fingerprint density at radius 2 is 1.56 bits per heavy atom. The van der Waals surface area contributed by atoms with E-state index in [0.29, 0.717) is 23.8 Å². The molecular formula is C17H21NO7. The highest BCUT2D eigenvalue weighted by Gasteiger charge is 2.80. The van der Waals surface area contributed by atoms with E-state index in [9.17, 15) is 19.8 Å². The molecule has 3 rings (SSSR count). The Hall–Kier alpha value is -2.48. The summed E-state index contributed by atoms with van der Waals surface area (Å²) in [6.45, 7) is 0.770. The molecule has 8 heteroatoms. The number of rotatable bonds is 7. The van der Waals surface area contributed by atoms with Gasteiger partial charge in [-0.2, -0.15) is 0 Å². The van der Waals surface area contributed by atoms with Crippen LogP contribution in [0.2, 0.25) is 0 Å². The third-order valence-corrected chi connectivity index (χ3v) is 5.38. The molecule has 25 heavy (non-hydrogen) atoms. The fourth-order valence-electron chi connectivity index (χ4n) is 4.04. The van der Waals surface area contributed by atoms with Crippen LogP contribution in [-0.2, 0) is 16.1 Å². The van der Waals surface area contributed by atoms with Gasteiger partial charge < -0.3 is 24.4 Å². The minimum Gasteiger partial charge on any atom is -0.493 e. The smallest absolute Gasteiger partial charge is 0.312 e. The molecular weight excluding hydrogens is 330 g/mol. The molecule has 1 aromatic rings. The van der Waals surface area contributed by atoms with Crippen molar-refractivity contribution in [3.8, 4) is 17.2 Å². The molecule has 1 aliphatic heterocycles. The number of piperidine rings is 1. The van der Waals surface area contributed by atoms with E-state index in [1.807, 2.05) is 11.0 Å². The lowest BCUT2D eigenvalue weighted by atomic mass is 9.97. The Labute approximate surface area is 144 Å². The number of hydrogen-bond donors (Lipinski definition) is 2. The Morgan fingerprint density at radius 1 is 1.00 bits per heavy atom. The van der Waals surface area contributed by atoms with Gasteiger partial charge in [-0.3, -0.25) is 14.5 Å². The number of fused-ring (bicyclic) bond motifs is 1. The van der Waals surface area contributed by atoms with Crippen molar-refractivity contribution in [1.29, 1.82) is 0 Å². The average Bonchev–Trinajstić information content (AvgIpc) is 3.13. The molecule has 0 radical (unpaired) electrons. The molecule has 1 saturated heterocycles. The first-order valence-corrected chi connectivity index (χ1v) is 7.82. The van der Waals surface area contributed by atoms with E-state index in [0.717, 1.165) is 5.56 Å². The standard InChI is InChI=1S/C17H21NO7/c1-23-11-5-4-10(12(24-2)13(11)25-3)6-18-8-16(14(19)20)7-17(16,9-18)15(21)22/h4-5H,6-9H2,1-3H3,(H,19,20)(H,21,22)/t16-,17+. The number of carboxylic acids is 2. The van der Waals surface area contributed by atoms with Gasteiger partial charge in [-0.05, 0) is 12.5 Å². The SMILES string of the molecule is COc1ccc(CN2C[C@@]3(C(=O)O)C[C@@]3(C(=O)O)C2)c(OC)c1OC. The van der Waals surface area contributed by atoms with Crippen molar-refractivity contribution in [2.24, 2.45) is 10.8 Å². The van der Waals surface area contributed by atoms with Gasteiger partial charge in [0.05, 0.1) is 32.2 Å². The highest BCUT2D eigenvalue weighted by molar-refractivity contribution is 5.94. The minimum atomic E-state index is -1.19. The normalized spacial score (nSPS) is 27.5. The Balaban J connectivity index is 1.88. The van der Waals surface area contributed by atoms with Crippen LogP contribution in [-0.4, -0.2) is 61.5 Å². The Kier molecular flexibility index (Phi) is 4.03. The summed E-state index contributed by atoms with van der Waals surface area (Å²) in [6, 6.07) is 3.55. The van der Waals surface area contributed by atoms with Crippen LogP contribution in [0.5, 0.6) is 17.2 Å². The number of carbonyl (C=O) groups is 2. The van der Waals surface area contributed by atoms with Gasteiger partial charge in [-0.25, -0.2) is 0 Å². The van der Waals surface area contributed by atoms with Crippen LogP contribution in [0.1, 0.15) is 12.0 Å². The lowest BCUT2D eigenvalue weighted by Gasteiger charge is -2.22. The highest BCUT2D eigenvalue weighted by Crippen LogP contribution is 2.68. The van der Waals surface area contributed by atoms with Gasteiger partial charge in [0, 0.05) is 25.2 Å². The van der Waals surface area contributed by atoms with Crippen LogP contribution in [0.3, 0.4) is 0 Å². The fourth-order valence-corrected chi connectivity index (χ4v) is 4.04. The quantitative estimate of drug-likeness (QED) is 0.752. The van der Waals surface area contributed by atoms with Crippen molar-refractivity contribution in [2.45, 2.75) is 13.0 Å². The second-order valence-electron chi connectivity index (χ2n) is 6.59. The summed E-state index contributed by atoms with van der Waals surface area (Å²) in [7, 11) is 4.55. The largest absolute Gasteiger partial charge is 0.493 e. The summed E-state index contributed by atoms with van der Waals surface area (Å²) >= 11 is 0. The van der Waals surface area contributed by atoms with Crippen molar-refractivity contribution in [2.75, 3.05) is 34.4 Å². The van der Waals surface area contributed by atoms with Crippen LogP contribution in [0.25, 0.3) is 0 Å². The maximum absolute atomic E-state index is 11.6. The predicted octanol–water partition coefficient (Wildman–Crippen LogP) is 1.07. The summed E-state index contributed by atoms with van der Waals surface area (Å²) < 4.78 is 16.0. The van der Waals surface area contributed by atoms with E-state index >= 15 is 0 Å². The highest BCUT2D eigenvalue weighted by atomic mass is 16.5. The third-order valence-electron chi connectivity index (χ3n) is 5.38. The summed E-state index contributed by atoms with van der Waals surface area (Å²) in [4.78, 5) is 25.1. The molecule has 0 amide bonds. The number of nitrogens with zero attached hydrogens (tertiary/aromatic N) is 1. The molecule has 1 aromatic carbocycles. The van der Waals surface area contributed by atoms with Crippen LogP contribution < -0.4 is 14.2 Å². The number of ether oxygens (including phenoxy) is 3. The molecule has 2 fully saturated rings. The van der Waals surface area contributed by atoms with Gasteiger partial charge >= 0.3 is 11.9 Å². The molecule has 2 N–H and O–H groups in total. The van der Waals surface area contributed by atoms with Crippen LogP contribution >= 0.6 is 0 Å². The van der Waals surface area contributed by atoms with E-state index in [1.54, 1.807) is 6.07 Å².